The number of carbonyl (C=O) groups excluding carboxylic acids is 1. The predicted octanol–water partition coefficient (Wildman–Crippen LogP) is 3.14. The van der Waals surface area contributed by atoms with Gasteiger partial charge in [0, 0.05) is 45.0 Å². The van der Waals surface area contributed by atoms with E-state index in [1.165, 1.54) is 19.3 Å². The molecule has 10 heteroatoms. The molecule has 1 saturated heterocycles. The summed E-state index contributed by atoms with van der Waals surface area (Å²) in [7, 11) is 0. The summed E-state index contributed by atoms with van der Waals surface area (Å²) in [4.78, 5) is 29.6. The lowest BCUT2D eigenvalue weighted by molar-refractivity contribution is -0.205. The topological polar surface area (TPSA) is 91.8 Å². The highest BCUT2D eigenvalue weighted by Crippen LogP contribution is 2.24. The maximum Gasteiger partial charge on any atom is 0.246 e. The zero-order chi connectivity index (χ0) is 23.8. The quantitative estimate of drug-likeness (QED) is 0.245. The van der Waals surface area contributed by atoms with E-state index in [-0.39, 0.29) is 11.9 Å². The highest BCUT2D eigenvalue weighted by Gasteiger charge is 2.26. The Morgan fingerprint density at radius 3 is 2.71 bits per heavy atom. The fraction of sp³-hybridized carbons (Fsp3) is 0.750. The average molecular weight is 493 g/mol. The Balaban J connectivity index is 1.28. The van der Waals surface area contributed by atoms with Crippen LogP contribution in [0.4, 0.5) is 5.82 Å². The third-order valence-corrected chi connectivity index (χ3v) is 6.55. The molecular weight excluding hydrogens is 452 g/mol. The number of anilines is 1. The number of hydroxylamine groups is 2. The van der Waals surface area contributed by atoms with E-state index in [1.807, 2.05) is 0 Å². The van der Waals surface area contributed by atoms with Crippen molar-refractivity contribution in [2.45, 2.75) is 70.3 Å². The third kappa shape index (κ3) is 10.2. The summed E-state index contributed by atoms with van der Waals surface area (Å²) >= 11 is 5.27. The zero-order valence-electron chi connectivity index (χ0n) is 20.3. The van der Waals surface area contributed by atoms with Crippen LogP contribution in [0.15, 0.2) is 18.6 Å². The molecule has 0 spiro atoms. The largest absolute Gasteiger partial charge is 0.379 e. The van der Waals surface area contributed by atoms with Gasteiger partial charge >= 0.3 is 0 Å². The van der Waals surface area contributed by atoms with Gasteiger partial charge in [0.15, 0.2) is 10.9 Å². The van der Waals surface area contributed by atoms with Gasteiger partial charge in [-0.05, 0) is 37.9 Å². The normalized spacial score (nSPS) is 17.3. The molecule has 0 radical (unpaired) electrons. The van der Waals surface area contributed by atoms with Gasteiger partial charge in [-0.1, -0.05) is 32.1 Å². The predicted molar refractivity (Wildman–Crippen MR) is 136 cm³/mol. The number of aromatic nitrogens is 2. The first-order valence-corrected chi connectivity index (χ1v) is 13.2. The molecule has 1 aliphatic carbocycles. The molecule has 1 aromatic heterocycles. The summed E-state index contributed by atoms with van der Waals surface area (Å²) in [6, 6.07) is 0.234. The smallest absolute Gasteiger partial charge is 0.246 e. The molecule has 190 valence electrons. The lowest BCUT2D eigenvalue weighted by atomic mass is 9.95. The zero-order valence-corrected chi connectivity index (χ0v) is 21.1. The van der Waals surface area contributed by atoms with Crippen LogP contribution in [0.5, 0.6) is 0 Å². The number of unbranched alkanes of at least 4 members (excludes halogenated alkanes) is 3. The average Bonchev–Trinajstić information content (AvgIpc) is 2.87. The number of rotatable bonds is 13. The van der Waals surface area contributed by atoms with Crippen molar-refractivity contribution in [3.8, 4) is 0 Å². The molecule has 2 fully saturated rings. The molecule has 1 saturated carbocycles. The summed E-state index contributed by atoms with van der Waals surface area (Å²) in [6.07, 6.45) is 15.1. The maximum absolute atomic E-state index is 13.0. The summed E-state index contributed by atoms with van der Waals surface area (Å²) in [5.74, 6) is 0.773. The summed E-state index contributed by atoms with van der Waals surface area (Å²) in [5, 5.41) is 8.48. The minimum absolute atomic E-state index is 0.140. The second kappa shape index (κ2) is 15.9. The number of nitrogens with zero attached hydrogens (tertiary/aromatic N) is 4. The molecule has 3 rings (SSSR count). The van der Waals surface area contributed by atoms with E-state index in [0.717, 1.165) is 77.9 Å². The van der Waals surface area contributed by atoms with Gasteiger partial charge in [0.2, 0.25) is 5.91 Å². The molecule has 2 N–H and O–H groups in total. The van der Waals surface area contributed by atoms with Crippen molar-refractivity contribution in [3.63, 3.8) is 0 Å². The number of morpholine rings is 1. The summed E-state index contributed by atoms with van der Waals surface area (Å²) in [6.45, 7) is 5.65. The second-order valence-corrected chi connectivity index (χ2v) is 9.34. The fourth-order valence-corrected chi connectivity index (χ4v) is 4.59. The molecule has 2 heterocycles. The van der Waals surface area contributed by atoms with E-state index in [4.69, 9.17) is 21.8 Å². The van der Waals surface area contributed by atoms with Gasteiger partial charge in [0.1, 0.15) is 0 Å². The molecule has 1 amide bonds. The van der Waals surface area contributed by atoms with Gasteiger partial charge in [0.25, 0.3) is 0 Å². The summed E-state index contributed by atoms with van der Waals surface area (Å²) in [5.41, 5.74) is 0. The maximum atomic E-state index is 13.0. The highest BCUT2D eigenvalue weighted by atomic mass is 32.1. The first kappa shape index (κ1) is 26.7. The Labute approximate surface area is 208 Å². The molecule has 9 nitrogen and oxygen atoms in total. The molecule has 0 atom stereocenters. The Hall–Kier alpha value is -1.88. The van der Waals surface area contributed by atoms with E-state index >= 15 is 0 Å². The van der Waals surface area contributed by atoms with Crippen LogP contribution in [-0.2, 0) is 14.4 Å². The van der Waals surface area contributed by atoms with Gasteiger partial charge < -0.3 is 15.4 Å². The molecule has 0 aromatic carbocycles. The molecule has 1 aromatic rings. The van der Waals surface area contributed by atoms with Crippen molar-refractivity contribution in [3.05, 3.63) is 18.6 Å². The third-order valence-electron chi connectivity index (χ3n) is 6.30. The van der Waals surface area contributed by atoms with Crippen molar-refractivity contribution in [2.75, 3.05) is 51.3 Å². The molecule has 0 bridgehead atoms. The van der Waals surface area contributed by atoms with Crippen LogP contribution in [0.2, 0.25) is 0 Å². The van der Waals surface area contributed by atoms with Crippen molar-refractivity contribution in [2.24, 2.45) is 0 Å². The highest BCUT2D eigenvalue weighted by molar-refractivity contribution is 7.80. The fourth-order valence-electron chi connectivity index (χ4n) is 4.38. The number of ether oxygens (including phenoxy) is 1. The van der Waals surface area contributed by atoms with Gasteiger partial charge in [0.05, 0.1) is 32.1 Å². The number of nitrogens with one attached hydrogen (secondary N) is 2. The van der Waals surface area contributed by atoms with Crippen molar-refractivity contribution in [1.29, 1.82) is 0 Å². The lowest BCUT2D eigenvalue weighted by Crippen LogP contribution is -2.44. The number of carbonyl (C=O) groups is 1. The van der Waals surface area contributed by atoms with Crippen molar-refractivity contribution >= 4 is 29.1 Å². The number of hydrogen-bond donors (Lipinski definition) is 2. The first-order chi connectivity index (χ1) is 16.7. The van der Waals surface area contributed by atoms with E-state index in [0.29, 0.717) is 24.0 Å². The SMILES string of the molecule is O=C(CCCCCCNC(=S)Nc1cnccn1)N(OCCN1CCOCC1)C1CCCCC1. The molecule has 0 unspecified atom stereocenters. The van der Waals surface area contributed by atoms with E-state index in [1.54, 1.807) is 23.7 Å². The minimum Gasteiger partial charge on any atom is -0.379 e. The van der Waals surface area contributed by atoms with Gasteiger partial charge in [-0.2, -0.15) is 0 Å². The molecule has 1 aliphatic heterocycles. The molecular formula is C24H40N6O3S. The second-order valence-electron chi connectivity index (χ2n) is 8.93. The lowest BCUT2D eigenvalue weighted by Gasteiger charge is -2.34. The van der Waals surface area contributed by atoms with E-state index in [2.05, 4.69) is 25.5 Å². The van der Waals surface area contributed by atoms with Crippen LogP contribution in [0.25, 0.3) is 0 Å². The van der Waals surface area contributed by atoms with E-state index < -0.39 is 0 Å². The van der Waals surface area contributed by atoms with Gasteiger partial charge in [-0.25, -0.2) is 10.0 Å². The molecule has 2 aliphatic rings. The minimum atomic E-state index is 0.140. The monoisotopic (exact) mass is 492 g/mol. The Morgan fingerprint density at radius 2 is 1.94 bits per heavy atom. The standard InChI is InChI=1S/C24H40N6O3S/c31-23(10-6-1-2-7-11-27-24(34)28-22-20-25-12-13-26-22)30(21-8-4-3-5-9-21)33-19-16-29-14-17-32-18-15-29/h12-13,20-21H,1-11,14-19H2,(H2,26,27,28,34). The first-order valence-electron chi connectivity index (χ1n) is 12.8. The van der Waals surface area contributed by atoms with Crippen LogP contribution in [0.1, 0.15) is 64.2 Å². The number of amides is 1. The Kier molecular flexibility index (Phi) is 12.5. The van der Waals surface area contributed by atoms with Crippen LogP contribution in [0.3, 0.4) is 0 Å². The van der Waals surface area contributed by atoms with Gasteiger partial charge in [-0.15, -0.1) is 0 Å². The van der Waals surface area contributed by atoms with Crippen molar-refractivity contribution in [1.82, 2.24) is 25.2 Å². The summed E-state index contributed by atoms with van der Waals surface area (Å²) < 4.78 is 5.41. The Morgan fingerprint density at radius 1 is 1.15 bits per heavy atom. The number of thiocarbonyl (C=S) groups is 1. The van der Waals surface area contributed by atoms with Crippen LogP contribution < -0.4 is 10.6 Å². The van der Waals surface area contributed by atoms with Crippen LogP contribution in [-0.4, -0.2) is 83.0 Å². The number of hydrogen-bond acceptors (Lipinski definition) is 7. The molecule has 34 heavy (non-hydrogen) atoms. The van der Waals surface area contributed by atoms with Gasteiger partial charge in [-0.3, -0.25) is 19.5 Å². The van der Waals surface area contributed by atoms with Crippen molar-refractivity contribution < 1.29 is 14.4 Å². The Bertz CT molecular complexity index is 714. The van der Waals surface area contributed by atoms with E-state index in [9.17, 15) is 4.79 Å². The van der Waals surface area contributed by atoms with Crippen LogP contribution in [0, 0.1) is 0 Å². The van der Waals surface area contributed by atoms with Crippen LogP contribution >= 0.6 is 12.2 Å².